The lowest BCUT2D eigenvalue weighted by Gasteiger charge is -2.41. The van der Waals surface area contributed by atoms with E-state index in [9.17, 15) is 4.79 Å². The molecule has 1 fully saturated rings. The maximum atomic E-state index is 12.0. The van der Waals surface area contributed by atoms with Crippen LogP contribution in [0.1, 0.15) is 47.0 Å². The van der Waals surface area contributed by atoms with Gasteiger partial charge in [0, 0.05) is 18.1 Å². The van der Waals surface area contributed by atoms with E-state index in [-0.39, 0.29) is 24.0 Å². The predicted octanol–water partition coefficient (Wildman–Crippen LogP) is 1.10. The fourth-order valence-electron chi connectivity index (χ4n) is 2.58. The summed E-state index contributed by atoms with van der Waals surface area (Å²) in [6.45, 7) is 8.99. The first-order chi connectivity index (χ1) is 7.93. The summed E-state index contributed by atoms with van der Waals surface area (Å²) in [7, 11) is 0. The molecule has 1 amide bonds. The second kappa shape index (κ2) is 6.36. The fourth-order valence-corrected chi connectivity index (χ4v) is 2.58. The molecule has 0 aliphatic carbocycles. The Morgan fingerprint density at radius 3 is 2.47 bits per heavy atom. The number of nitrogens with two attached hydrogens (primary N) is 1. The van der Waals surface area contributed by atoms with Gasteiger partial charge >= 0.3 is 0 Å². The van der Waals surface area contributed by atoms with E-state index in [4.69, 9.17) is 5.73 Å². The molecule has 1 aliphatic rings. The van der Waals surface area contributed by atoms with Gasteiger partial charge in [-0.3, -0.25) is 9.69 Å². The minimum Gasteiger partial charge on any atom is -0.353 e. The summed E-state index contributed by atoms with van der Waals surface area (Å²) in [6, 6.07) is 0.596. The minimum absolute atomic E-state index is 0.0753. The summed E-state index contributed by atoms with van der Waals surface area (Å²) in [4.78, 5) is 14.3. The van der Waals surface area contributed by atoms with Gasteiger partial charge in [-0.2, -0.15) is 0 Å². The molecule has 1 saturated heterocycles. The average Bonchev–Trinajstić information content (AvgIpc) is 2.27. The number of hydrogen-bond donors (Lipinski definition) is 2. The summed E-state index contributed by atoms with van der Waals surface area (Å²) >= 11 is 0. The molecule has 0 bridgehead atoms. The van der Waals surface area contributed by atoms with Gasteiger partial charge in [0.05, 0.1) is 6.04 Å². The summed E-state index contributed by atoms with van der Waals surface area (Å²) in [5.74, 6) is 0.118. The monoisotopic (exact) mass is 241 g/mol. The van der Waals surface area contributed by atoms with Crippen molar-refractivity contribution in [1.29, 1.82) is 0 Å². The van der Waals surface area contributed by atoms with Gasteiger partial charge < -0.3 is 11.1 Å². The first kappa shape index (κ1) is 14.5. The van der Waals surface area contributed by atoms with E-state index in [0.29, 0.717) is 6.04 Å². The number of carbonyl (C=O) groups is 1. The topological polar surface area (TPSA) is 58.4 Å². The molecule has 4 heteroatoms. The SMILES string of the molecule is CC(C)NC(=O)C(C)N1CCCCC1C(C)N. The van der Waals surface area contributed by atoms with Crippen LogP contribution in [-0.4, -0.2) is 41.5 Å². The van der Waals surface area contributed by atoms with Crippen molar-refractivity contribution in [3.8, 4) is 0 Å². The van der Waals surface area contributed by atoms with Gasteiger partial charge in [-0.05, 0) is 47.1 Å². The van der Waals surface area contributed by atoms with Gasteiger partial charge in [0.2, 0.25) is 5.91 Å². The first-order valence-corrected chi connectivity index (χ1v) is 6.75. The largest absolute Gasteiger partial charge is 0.353 e. The van der Waals surface area contributed by atoms with Crippen molar-refractivity contribution in [2.45, 2.75) is 71.1 Å². The van der Waals surface area contributed by atoms with Crippen molar-refractivity contribution < 1.29 is 4.79 Å². The van der Waals surface area contributed by atoms with Crippen LogP contribution in [-0.2, 0) is 4.79 Å². The third-order valence-corrected chi connectivity index (χ3v) is 3.51. The van der Waals surface area contributed by atoms with Crippen molar-refractivity contribution in [2.75, 3.05) is 6.54 Å². The zero-order valence-corrected chi connectivity index (χ0v) is 11.6. The molecular weight excluding hydrogens is 214 g/mol. The molecule has 100 valence electrons. The number of hydrogen-bond acceptors (Lipinski definition) is 3. The van der Waals surface area contributed by atoms with Crippen LogP contribution in [0.4, 0.5) is 0 Å². The number of piperidine rings is 1. The molecule has 0 aromatic rings. The molecule has 1 heterocycles. The Morgan fingerprint density at radius 2 is 1.94 bits per heavy atom. The highest BCUT2D eigenvalue weighted by atomic mass is 16.2. The number of rotatable bonds is 4. The van der Waals surface area contributed by atoms with Gasteiger partial charge in [-0.25, -0.2) is 0 Å². The zero-order chi connectivity index (χ0) is 13.0. The maximum Gasteiger partial charge on any atom is 0.237 e. The van der Waals surface area contributed by atoms with E-state index in [1.165, 1.54) is 12.8 Å². The van der Waals surface area contributed by atoms with Crippen molar-refractivity contribution in [3.63, 3.8) is 0 Å². The van der Waals surface area contributed by atoms with Crippen LogP contribution < -0.4 is 11.1 Å². The van der Waals surface area contributed by atoms with E-state index in [0.717, 1.165) is 13.0 Å². The van der Waals surface area contributed by atoms with E-state index in [1.807, 2.05) is 27.7 Å². The minimum atomic E-state index is -0.0753. The molecule has 3 unspecified atom stereocenters. The Bertz CT molecular complexity index is 253. The van der Waals surface area contributed by atoms with Crippen LogP contribution in [0.5, 0.6) is 0 Å². The van der Waals surface area contributed by atoms with Crippen LogP contribution in [0.25, 0.3) is 0 Å². The molecule has 3 atom stereocenters. The van der Waals surface area contributed by atoms with Crippen LogP contribution in [0.2, 0.25) is 0 Å². The quantitative estimate of drug-likeness (QED) is 0.775. The molecule has 0 saturated carbocycles. The number of amides is 1. The van der Waals surface area contributed by atoms with E-state index >= 15 is 0 Å². The molecule has 0 aromatic heterocycles. The molecule has 0 spiro atoms. The van der Waals surface area contributed by atoms with Crippen molar-refractivity contribution in [3.05, 3.63) is 0 Å². The molecule has 17 heavy (non-hydrogen) atoms. The summed E-state index contributed by atoms with van der Waals surface area (Å²) < 4.78 is 0. The Balaban J connectivity index is 2.64. The molecule has 0 radical (unpaired) electrons. The van der Waals surface area contributed by atoms with Crippen molar-refractivity contribution in [1.82, 2.24) is 10.2 Å². The van der Waals surface area contributed by atoms with Crippen LogP contribution in [0, 0.1) is 0 Å². The average molecular weight is 241 g/mol. The molecule has 4 nitrogen and oxygen atoms in total. The highest BCUT2D eigenvalue weighted by Crippen LogP contribution is 2.21. The lowest BCUT2D eigenvalue weighted by atomic mass is 9.95. The second-order valence-corrected chi connectivity index (χ2v) is 5.50. The van der Waals surface area contributed by atoms with Crippen LogP contribution >= 0.6 is 0 Å². The molecule has 1 aliphatic heterocycles. The highest BCUT2D eigenvalue weighted by molar-refractivity contribution is 5.81. The summed E-state index contributed by atoms with van der Waals surface area (Å²) in [5, 5.41) is 2.98. The van der Waals surface area contributed by atoms with Gasteiger partial charge in [0.25, 0.3) is 0 Å². The van der Waals surface area contributed by atoms with Crippen molar-refractivity contribution in [2.24, 2.45) is 5.73 Å². The van der Waals surface area contributed by atoms with E-state index in [2.05, 4.69) is 10.2 Å². The first-order valence-electron chi connectivity index (χ1n) is 6.75. The standard InChI is InChI=1S/C13H27N3O/c1-9(2)15-13(17)11(4)16-8-6-5-7-12(16)10(3)14/h9-12H,5-8,14H2,1-4H3,(H,15,17). The molecule has 0 aromatic carbocycles. The third kappa shape index (κ3) is 3.96. The van der Waals surface area contributed by atoms with Crippen LogP contribution in [0.15, 0.2) is 0 Å². The lowest BCUT2D eigenvalue weighted by molar-refractivity contribution is -0.128. The normalized spacial score (nSPS) is 25.6. The smallest absolute Gasteiger partial charge is 0.237 e. The molecular formula is C13H27N3O. The van der Waals surface area contributed by atoms with Crippen LogP contribution in [0.3, 0.4) is 0 Å². The Morgan fingerprint density at radius 1 is 1.29 bits per heavy atom. The van der Waals surface area contributed by atoms with Gasteiger partial charge in [-0.15, -0.1) is 0 Å². The zero-order valence-electron chi connectivity index (χ0n) is 11.6. The molecule has 3 N–H and O–H groups in total. The van der Waals surface area contributed by atoms with Gasteiger partial charge in [0.1, 0.15) is 0 Å². The number of likely N-dealkylation sites (tertiary alicyclic amines) is 1. The predicted molar refractivity (Wildman–Crippen MR) is 70.7 cm³/mol. The lowest BCUT2D eigenvalue weighted by Crippen LogP contribution is -2.57. The summed E-state index contributed by atoms with van der Waals surface area (Å²) in [5.41, 5.74) is 6.02. The Hall–Kier alpha value is -0.610. The van der Waals surface area contributed by atoms with Gasteiger partial charge in [-0.1, -0.05) is 6.42 Å². The number of nitrogens with one attached hydrogen (secondary N) is 1. The Labute approximate surface area is 105 Å². The summed E-state index contributed by atoms with van der Waals surface area (Å²) in [6.07, 6.45) is 3.50. The fraction of sp³-hybridized carbons (Fsp3) is 0.923. The van der Waals surface area contributed by atoms with E-state index in [1.54, 1.807) is 0 Å². The second-order valence-electron chi connectivity index (χ2n) is 5.50. The number of carbonyl (C=O) groups excluding carboxylic acids is 1. The maximum absolute atomic E-state index is 12.0. The Kier molecular flexibility index (Phi) is 5.40. The third-order valence-electron chi connectivity index (χ3n) is 3.51. The molecule has 1 rings (SSSR count). The van der Waals surface area contributed by atoms with E-state index < -0.39 is 0 Å². The number of nitrogens with zero attached hydrogens (tertiary/aromatic N) is 1. The van der Waals surface area contributed by atoms with Gasteiger partial charge in [0.15, 0.2) is 0 Å². The van der Waals surface area contributed by atoms with Crippen molar-refractivity contribution >= 4 is 5.91 Å². The highest BCUT2D eigenvalue weighted by Gasteiger charge is 2.32.